The number of hydrogen-bond donors (Lipinski definition) is 0. The Morgan fingerprint density at radius 3 is 2.54 bits per heavy atom. The highest BCUT2D eigenvalue weighted by Crippen LogP contribution is 2.36. The molecule has 1 unspecified atom stereocenters. The van der Waals surface area contributed by atoms with E-state index in [9.17, 15) is 4.79 Å². The maximum atomic E-state index is 11.4. The summed E-state index contributed by atoms with van der Waals surface area (Å²) in [5.41, 5.74) is 0.0613. The molecule has 0 N–H and O–H groups in total. The van der Waals surface area contributed by atoms with Crippen LogP contribution in [0.15, 0.2) is 11.6 Å². The Balaban J connectivity index is 3.21. The van der Waals surface area contributed by atoms with Gasteiger partial charge in [-0.1, -0.05) is 15.9 Å². The van der Waals surface area contributed by atoms with Crippen molar-refractivity contribution in [2.45, 2.75) is 30.7 Å². The molecule has 0 radical (unpaired) electrons. The Labute approximate surface area is 85.5 Å². The number of carbonyl (C=O) groups is 1. The highest BCUT2D eigenvalue weighted by Gasteiger charge is 2.46. The number of alkyl halides is 1. The predicted molar refractivity (Wildman–Crippen MR) is 51.2 cm³/mol. The second kappa shape index (κ2) is 2.85. The molecule has 70 valence electrons. The average Bonchev–Trinajstić information content (AvgIpc) is 1.98. The van der Waals surface area contributed by atoms with Gasteiger partial charge in [0.1, 0.15) is 5.60 Å². The van der Waals surface area contributed by atoms with Crippen molar-refractivity contribution in [3.8, 4) is 6.07 Å². The van der Waals surface area contributed by atoms with Gasteiger partial charge >= 0.3 is 5.97 Å². The number of halogens is 1. The smallest absolute Gasteiger partial charge is 0.342 e. The minimum atomic E-state index is -1.29. The van der Waals surface area contributed by atoms with E-state index in [2.05, 4.69) is 15.9 Å². The fraction of sp³-hybridized carbons (Fsp3) is 0.556. The van der Waals surface area contributed by atoms with E-state index in [1.54, 1.807) is 26.8 Å². The lowest BCUT2D eigenvalue weighted by atomic mass is 9.93. The van der Waals surface area contributed by atoms with Crippen LogP contribution in [0.4, 0.5) is 0 Å². The predicted octanol–water partition coefficient (Wildman–Crippen LogP) is 1.93. The van der Waals surface area contributed by atoms with Crippen molar-refractivity contribution in [3.05, 3.63) is 11.6 Å². The summed E-state index contributed by atoms with van der Waals surface area (Å²) in [5.74, 6) is -0.542. The number of esters is 1. The molecule has 3 nitrogen and oxygen atoms in total. The van der Waals surface area contributed by atoms with Crippen LogP contribution in [0.1, 0.15) is 20.8 Å². The van der Waals surface area contributed by atoms with Gasteiger partial charge in [0.25, 0.3) is 0 Å². The molecule has 0 bridgehead atoms. The third-order valence-corrected chi connectivity index (χ3v) is 3.03. The van der Waals surface area contributed by atoms with Gasteiger partial charge in [0.15, 0.2) is 0 Å². The zero-order valence-corrected chi connectivity index (χ0v) is 9.31. The molecular weight excluding hydrogens is 234 g/mol. The van der Waals surface area contributed by atoms with Gasteiger partial charge in [-0.05, 0) is 32.4 Å². The molecule has 0 aliphatic carbocycles. The van der Waals surface area contributed by atoms with Crippen molar-refractivity contribution in [1.82, 2.24) is 0 Å². The van der Waals surface area contributed by atoms with E-state index >= 15 is 0 Å². The summed E-state index contributed by atoms with van der Waals surface area (Å²) >= 11 is 3.07. The van der Waals surface area contributed by atoms with Crippen LogP contribution in [0.2, 0.25) is 0 Å². The normalized spacial score (nSPS) is 31.6. The van der Waals surface area contributed by atoms with Crippen molar-refractivity contribution in [2.75, 3.05) is 0 Å². The molecule has 1 aliphatic heterocycles. The maximum absolute atomic E-state index is 11.4. The van der Waals surface area contributed by atoms with Crippen LogP contribution < -0.4 is 0 Å². The van der Waals surface area contributed by atoms with Crippen LogP contribution in [0, 0.1) is 11.3 Å². The van der Waals surface area contributed by atoms with E-state index in [1.165, 1.54) is 0 Å². The molecule has 0 aromatic heterocycles. The SMILES string of the molecule is CC1=CC(C)(C)OC(=O)C1(Br)C#N. The van der Waals surface area contributed by atoms with Crippen LogP contribution in [0.3, 0.4) is 0 Å². The molecular formula is C9H10BrNO2. The van der Waals surface area contributed by atoms with Gasteiger partial charge in [-0.25, -0.2) is 4.79 Å². The topological polar surface area (TPSA) is 50.1 Å². The molecule has 1 rings (SSSR count). The van der Waals surface area contributed by atoms with E-state index in [-0.39, 0.29) is 0 Å². The highest BCUT2D eigenvalue weighted by molar-refractivity contribution is 9.10. The second-order valence-electron chi connectivity index (χ2n) is 3.59. The third-order valence-electron chi connectivity index (χ3n) is 1.90. The van der Waals surface area contributed by atoms with Gasteiger partial charge in [0.2, 0.25) is 4.32 Å². The number of hydrogen-bond acceptors (Lipinski definition) is 3. The molecule has 0 saturated heterocycles. The first-order valence-electron chi connectivity index (χ1n) is 3.85. The Morgan fingerprint density at radius 2 is 2.15 bits per heavy atom. The fourth-order valence-corrected chi connectivity index (χ4v) is 1.45. The van der Waals surface area contributed by atoms with Crippen LogP contribution in [-0.2, 0) is 9.53 Å². The van der Waals surface area contributed by atoms with E-state index in [0.717, 1.165) is 0 Å². The summed E-state index contributed by atoms with van der Waals surface area (Å²) in [6.07, 6.45) is 1.77. The number of cyclic esters (lactones) is 1. The summed E-state index contributed by atoms with van der Waals surface area (Å²) in [7, 11) is 0. The zero-order chi connectivity index (χ0) is 10.3. The molecule has 1 aliphatic rings. The van der Waals surface area contributed by atoms with Crippen molar-refractivity contribution < 1.29 is 9.53 Å². The Bertz CT molecular complexity index is 327. The van der Waals surface area contributed by atoms with Crippen molar-refractivity contribution in [1.29, 1.82) is 5.26 Å². The average molecular weight is 244 g/mol. The molecule has 4 heteroatoms. The van der Waals surface area contributed by atoms with E-state index in [1.807, 2.05) is 6.07 Å². The fourth-order valence-electron chi connectivity index (χ4n) is 1.25. The lowest BCUT2D eigenvalue weighted by Crippen LogP contribution is -2.44. The Kier molecular flexibility index (Phi) is 2.25. The number of carbonyl (C=O) groups excluding carboxylic acids is 1. The van der Waals surface area contributed by atoms with Gasteiger partial charge in [-0.3, -0.25) is 0 Å². The van der Waals surface area contributed by atoms with Crippen molar-refractivity contribution in [2.24, 2.45) is 0 Å². The standard InChI is InChI=1S/C9H10BrNO2/c1-6-4-8(2,3)13-7(12)9(6,10)5-11/h4H,1-3H3. The maximum Gasteiger partial charge on any atom is 0.342 e. The molecule has 1 heterocycles. The van der Waals surface area contributed by atoms with Gasteiger partial charge < -0.3 is 4.74 Å². The van der Waals surface area contributed by atoms with E-state index in [4.69, 9.17) is 10.00 Å². The minimum Gasteiger partial charge on any atom is -0.453 e. The molecule has 0 amide bonds. The zero-order valence-electron chi connectivity index (χ0n) is 7.72. The van der Waals surface area contributed by atoms with Gasteiger partial charge in [0, 0.05) is 0 Å². The minimum absolute atomic E-state index is 0.542. The first-order valence-corrected chi connectivity index (χ1v) is 4.65. The van der Waals surface area contributed by atoms with Gasteiger partial charge in [-0.15, -0.1) is 0 Å². The molecule has 0 saturated carbocycles. The van der Waals surface area contributed by atoms with Crippen molar-refractivity contribution >= 4 is 21.9 Å². The molecule has 0 aromatic rings. The summed E-state index contributed by atoms with van der Waals surface area (Å²) in [6, 6.07) is 1.89. The third kappa shape index (κ3) is 1.61. The quantitative estimate of drug-likeness (QED) is 0.371. The lowest BCUT2D eigenvalue weighted by molar-refractivity contribution is -0.154. The number of nitrogens with zero attached hydrogens (tertiary/aromatic N) is 1. The summed E-state index contributed by atoms with van der Waals surface area (Å²) in [4.78, 5) is 11.4. The largest absolute Gasteiger partial charge is 0.453 e. The van der Waals surface area contributed by atoms with E-state index in [0.29, 0.717) is 5.57 Å². The van der Waals surface area contributed by atoms with Crippen LogP contribution in [0.5, 0.6) is 0 Å². The molecule has 1 atom stereocenters. The first kappa shape index (κ1) is 10.3. The molecule has 0 spiro atoms. The summed E-state index contributed by atoms with van der Waals surface area (Å²) in [5, 5.41) is 8.82. The monoisotopic (exact) mass is 243 g/mol. The summed E-state index contributed by atoms with van der Waals surface area (Å²) < 4.78 is 3.78. The number of nitriles is 1. The number of ether oxygens (including phenoxy) is 1. The van der Waals surface area contributed by atoms with Crippen LogP contribution in [-0.4, -0.2) is 15.9 Å². The Morgan fingerprint density at radius 1 is 1.62 bits per heavy atom. The molecule has 0 aromatic carbocycles. The van der Waals surface area contributed by atoms with Gasteiger partial charge in [-0.2, -0.15) is 5.26 Å². The van der Waals surface area contributed by atoms with Gasteiger partial charge in [0.05, 0.1) is 6.07 Å². The molecule has 13 heavy (non-hydrogen) atoms. The van der Waals surface area contributed by atoms with Crippen molar-refractivity contribution in [3.63, 3.8) is 0 Å². The Hall–Kier alpha value is -0.820. The molecule has 0 fully saturated rings. The lowest BCUT2D eigenvalue weighted by Gasteiger charge is -2.33. The summed E-state index contributed by atoms with van der Waals surface area (Å²) in [6.45, 7) is 5.29. The second-order valence-corrected chi connectivity index (χ2v) is 4.78. The first-order chi connectivity index (χ1) is 5.82. The van der Waals surface area contributed by atoms with E-state index < -0.39 is 15.9 Å². The number of rotatable bonds is 0. The van der Waals surface area contributed by atoms with Crippen LogP contribution in [0.25, 0.3) is 0 Å². The van der Waals surface area contributed by atoms with Crippen LogP contribution >= 0.6 is 15.9 Å². The highest BCUT2D eigenvalue weighted by atomic mass is 79.9.